The standard InChI is InChI=1S/C8H14N2O4/c1-14-8(13)6-2-5(11)4-10(6)7(12)3-9/h5-6,11H,2-4,9H2,1H3/t5-,6-/m0/s1. The monoisotopic (exact) mass is 202 g/mol. The van der Waals surface area contributed by atoms with Crippen LogP contribution in [0.3, 0.4) is 0 Å². The van der Waals surface area contributed by atoms with E-state index in [1.807, 2.05) is 0 Å². The Bertz CT molecular complexity index is 219. The Morgan fingerprint density at radius 3 is 2.79 bits per heavy atom. The zero-order valence-electron chi connectivity index (χ0n) is 7.97. The largest absolute Gasteiger partial charge is 0.467 e. The maximum Gasteiger partial charge on any atom is 0.328 e. The maximum absolute atomic E-state index is 11.3. The highest BCUT2D eigenvalue weighted by atomic mass is 16.5. The van der Waals surface area contributed by atoms with Crippen molar-refractivity contribution >= 4 is 11.9 Å². The summed E-state index contributed by atoms with van der Waals surface area (Å²) >= 11 is 0. The molecule has 0 unspecified atom stereocenters. The number of nitrogens with zero attached hydrogens (tertiary/aromatic N) is 1. The van der Waals surface area contributed by atoms with Gasteiger partial charge in [0, 0.05) is 13.0 Å². The number of β-amino-alcohol motifs (C(OH)–C–C–N with tert-alkyl or cyclic N) is 1. The smallest absolute Gasteiger partial charge is 0.328 e. The summed E-state index contributed by atoms with van der Waals surface area (Å²) in [6.07, 6.45) is -0.451. The summed E-state index contributed by atoms with van der Waals surface area (Å²) in [5.41, 5.74) is 5.18. The van der Waals surface area contributed by atoms with Gasteiger partial charge in [-0.2, -0.15) is 0 Å². The average Bonchev–Trinajstić information content (AvgIpc) is 2.58. The molecule has 14 heavy (non-hydrogen) atoms. The van der Waals surface area contributed by atoms with E-state index in [0.717, 1.165) is 0 Å². The second-order valence-electron chi connectivity index (χ2n) is 3.18. The second-order valence-corrected chi connectivity index (χ2v) is 3.18. The van der Waals surface area contributed by atoms with Crippen LogP contribution in [-0.2, 0) is 14.3 Å². The molecule has 0 aromatic rings. The van der Waals surface area contributed by atoms with E-state index >= 15 is 0 Å². The van der Waals surface area contributed by atoms with Crippen LogP contribution in [-0.4, -0.2) is 54.2 Å². The van der Waals surface area contributed by atoms with Crippen LogP contribution in [0.2, 0.25) is 0 Å². The van der Waals surface area contributed by atoms with Gasteiger partial charge in [0.1, 0.15) is 6.04 Å². The Kier molecular flexibility index (Phi) is 3.43. The molecule has 1 rings (SSSR count). The van der Waals surface area contributed by atoms with Crippen LogP contribution in [0.4, 0.5) is 0 Å². The minimum atomic E-state index is -0.689. The number of hydrogen-bond donors (Lipinski definition) is 2. The van der Waals surface area contributed by atoms with Crippen LogP contribution in [0.1, 0.15) is 6.42 Å². The zero-order valence-corrected chi connectivity index (χ0v) is 7.97. The average molecular weight is 202 g/mol. The van der Waals surface area contributed by atoms with E-state index in [0.29, 0.717) is 0 Å². The lowest BCUT2D eigenvalue weighted by Crippen LogP contribution is -2.44. The van der Waals surface area contributed by atoms with Gasteiger partial charge >= 0.3 is 5.97 Å². The number of likely N-dealkylation sites (tertiary alicyclic amines) is 1. The minimum absolute atomic E-state index is 0.149. The molecule has 1 amide bonds. The van der Waals surface area contributed by atoms with E-state index in [9.17, 15) is 14.7 Å². The molecule has 1 aliphatic heterocycles. The Balaban J connectivity index is 2.72. The molecule has 6 heteroatoms. The summed E-state index contributed by atoms with van der Waals surface area (Å²) in [6.45, 7) is -0.0178. The minimum Gasteiger partial charge on any atom is -0.467 e. The first-order chi connectivity index (χ1) is 6.60. The van der Waals surface area contributed by atoms with Crippen molar-refractivity contribution in [3.8, 4) is 0 Å². The molecule has 0 aromatic heterocycles. The molecule has 0 saturated carbocycles. The van der Waals surface area contributed by atoms with Gasteiger partial charge < -0.3 is 20.5 Å². The van der Waals surface area contributed by atoms with Gasteiger partial charge in [0.25, 0.3) is 0 Å². The molecule has 0 radical (unpaired) electrons. The zero-order chi connectivity index (χ0) is 10.7. The maximum atomic E-state index is 11.3. The molecule has 3 N–H and O–H groups in total. The normalized spacial score (nSPS) is 26.4. The Morgan fingerprint density at radius 2 is 2.29 bits per heavy atom. The third kappa shape index (κ3) is 2.02. The summed E-state index contributed by atoms with van der Waals surface area (Å²) in [5.74, 6) is -0.861. The molecule has 1 saturated heterocycles. The first-order valence-electron chi connectivity index (χ1n) is 4.35. The number of ether oxygens (including phenoxy) is 1. The molecule has 2 atom stereocenters. The number of methoxy groups -OCH3 is 1. The van der Waals surface area contributed by atoms with Crippen LogP contribution < -0.4 is 5.73 Å². The number of amides is 1. The molecule has 80 valence electrons. The molecular weight excluding hydrogens is 188 g/mol. The number of carbonyl (C=O) groups is 2. The SMILES string of the molecule is COC(=O)[C@@H]1C[C@H](O)CN1C(=O)CN. The highest BCUT2D eigenvalue weighted by Gasteiger charge is 2.38. The van der Waals surface area contributed by atoms with Crippen molar-refractivity contribution in [2.75, 3.05) is 20.2 Å². The van der Waals surface area contributed by atoms with Gasteiger partial charge in [-0.15, -0.1) is 0 Å². The van der Waals surface area contributed by atoms with Gasteiger partial charge in [-0.25, -0.2) is 4.79 Å². The summed E-state index contributed by atoms with van der Waals surface area (Å²) in [5, 5.41) is 9.32. The highest BCUT2D eigenvalue weighted by Crippen LogP contribution is 2.18. The van der Waals surface area contributed by atoms with Gasteiger partial charge in [0.2, 0.25) is 5.91 Å². The molecule has 0 bridgehead atoms. The number of aliphatic hydroxyl groups is 1. The highest BCUT2D eigenvalue weighted by molar-refractivity contribution is 5.86. The first-order valence-corrected chi connectivity index (χ1v) is 4.35. The van der Waals surface area contributed by atoms with Crippen molar-refractivity contribution in [3.63, 3.8) is 0 Å². The lowest BCUT2D eigenvalue weighted by molar-refractivity contribution is -0.150. The van der Waals surface area contributed by atoms with E-state index in [-0.39, 0.29) is 25.4 Å². The van der Waals surface area contributed by atoms with Gasteiger partial charge in [-0.1, -0.05) is 0 Å². The lowest BCUT2D eigenvalue weighted by Gasteiger charge is -2.21. The number of esters is 1. The third-order valence-corrected chi connectivity index (χ3v) is 2.25. The topological polar surface area (TPSA) is 92.9 Å². The fourth-order valence-corrected chi connectivity index (χ4v) is 1.57. The number of aliphatic hydroxyl groups excluding tert-OH is 1. The van der Waals surface area contributed by atoms with Gasteiger partial charge in [0.05, 0.1) is 19.8 Å². The van der Waals surface area contributed by atoms with Crippen molar-refractivity contribution < 1.29 is 19.4 Å². The fourth-order valence-electron chi connectivity index (χ4n) is 1.57. The van der Waals surface area contributed by atoms with Gasteiger partial charge in [-0.3, -0.25) is 4.79 Å². The van der Waals surface area contributed by atoms with Crippen molar-refractivity contribution in [1.82, 2.24) is 4.90 Å². The molecular formula is C8H14N2O4. The van der Waals surface area contributed by atoms with Crippen LogP contribution in [0.5, 0.6) is 0 Å². The fraction of sp³-hybridized carbons (Fsp3) is 0.750. The van der Waals surface area contributed by atoms with Crippen LogP contribution in [0, 0.1) is 0 Å². The van der Waals surface area contributed by atoms with Crippen LogP contribution in [0.15, 0.2) is 0 Å². The van der Waals surface area contributed by atoms with Gasteiger partial charge in [0.15, 0.2) is 0 Å². The van der Waals surface area contributed by atoms with Crippen molar-refractivity contribution in [2.45, 2.75) is 18.6 Å². The molecule has 0 aromatic carbocycles. The lowest BCUT2D eigenvalue weighted by atomic mass is 10.2. The van der Waals surface area contributed by atoms with E-state index in [4.69, 9.17) is 5.73 Å². The molecule has 1 aliphatic rings. The number of carbonyl (C=O) groups excluding carboxylic acids is 2. The number of nitrogens with two attached hydrogens (primary N) is 1. The van der Waals surface area contributed by atoms with E-state index < -0.39 is 18.1 Å². The van der Waals surface area contributed by atoms with E-state index in [2.05, 4.69) is 4.74 Å². The Morgan fingerprint density at radius 1 is 1.64 bits per heavy atom. The van der Waals surface area contributed by atoms with Crippen LogP contribution in [0.25, 0.3) is 0 Å². The summed E-state index contributed by atoms with van der Waals surface area (Å²) in [6, 6.07) is -0.689. The summed E-state index contributed by atoms with van der Waals surface area (Å²) in [7, 11) is 1.25. The number of hydrogen-bond acceptors (Lipinski definition) is 5. The van der Waals surface area contributed by atoms with E-state index in [1.54, 1.807) is 0 Å². The number of rotatable bonds is 2. The quantitative estimate of drug-likeness (QED) is 0.509. The molecule has 6 nitrogen and oxygen atoms in total. The predicted octanol–water partition coefficient (Wildman–Crippen LogP) is -1.92. The molecule has 0 spiro atoms. The second kappa shape index (κ2) is 4.39. The first kappa shape index (κ1) is 10.9. The Labute approximate surface area is 81.6 Å². The van der Waals surface area contributed by atoms with Crippen molar-refractivity contribution in [3.05, 3.63) is 0 Å². The Hall–Kier alpha value is -1.14. The molecule has 1 heterocycles. The van der Waals surface area contributed by atoms with E-state index in [1.165, 1.54) is 12.0 Å². The summed E-state index contributed by atoms with van der Waals surface area (Å²) in [4.78, 5) is 23.8. The van der Waals surface area contributed by atoms with Crippen LogP contribution >= 0.6 is 0 Å². The van der Waals surface area contributed by atoms with Crippen molar-refractivity contribution in [1.29, 1.82) is 0 Å². The molecule has 0 aliphatic carbocycles. The third-order valence-electron chi connectivity index (χ3n) is 2.25. The van der Waals surface area contributed by atoms with Gasteiger partial charge in [-0.05, 0) is 0 Å². The molecule has 1 fully saturated rings. The summed E-state index contributed by atoms with van der Waals surface area (Å²) < 4.78 is 4.52. The van der Waals surface area contributed by atoms with Crippen molar-refractivity contribution in [2.24, 2.45) is 5.73 Å². The predicted molar refractivity (Wildman–Crippen MR) is 47.2 cm³/mol.